The topological polar surface area (TPSA) is 70.0 Å². The summed E-state index contributed by atoms with van der Waals surface area (Å²) in [5.41, 5.74) is 1.02. The Morgan fingerprint density at radius 2 is 1.90 bits per heavy atom. The van der Waals surface area contributed by atoms with E-state index in [0.717, 1.165) is 5.56 Å². The summed E-state index contributed by atoms with van der Waals surface area (Å²) in [7, 11) is 1.20. The van der Waals surface area contributed by atoms with E-state index in [1.54, 1.807) is 6.07 Å². The van der Waals surface area contributed by atoms with E-state index < -0.39 is 5.91 Å². The molecule has 0 saturated carbocycles. The molecular formula is C15H15NO4. The number of phenols is 1. The van der Waals surface area contributed by atoms with Crippen LogP contribution < -0.4 is 4.74 Å². The van der Waals surface area contributed by atoms with Crippen LogP contribution in [-0.4, -0.2) is 28.3 Å². The van der Waals surface area contributed by atoms with Gasteiger partial charge in [0.05, 0.1) is 5.56 Å². The quantitative estimate of drug-likeness (QED) is 0.663. The van der Waals surface area contributed by atoms with Gasteiger partial charge in [-0.15, -0.1) is 0 Å². The van der Waals surface area contributed by atoms with Crippen molar-refractivity contribution in [3.63, 3.8) is 0 Å². The van der Waals surface area contributed by atoms with Gasteiger partial charge in [-0.1, -0.05) is 30.3 Å². The van der Waals surface area contributed by atoms with Crippen LogP contribution in [0.2, 0.25) is 0 Å². The van der Waals surface area contributed by atoms with Gasteiger partial charge in [0.2, 0.25) is 0 Å². The van der Waals surface area contributed by atoms with Gasteiger partial charge in [0, 0.05) is 13.1 Å². The molecule has 0 aliphatic heterocycles. The van der Waals surface area contributed by atoms with Crippen molar-refractivity contribution in [2.24, 2.45) is 0 Å². The van der Waals surface area contributed by atoms with E-state index in [-0.39, 0.29) is 11.3 Å². The number of hydrogen-bond donors (Lipinski definition) is 2. The molecule has 0 bridgehead atoms. The number of hydroxylamine groups is 2. The highest BCUT2D eigenvalue weighted by atomic mass is 16.5. The van der Waals surface area contributed by atoms with Gasteiger partial charge in [-0.2, -0.15) is 0 Å². The fraction of sp³-hybridized carbons (Fsp3) is 0.133. The number of aromatic hydroxyl groups is 1. The Bertz CT molecular complexity index is 596. The maximum Gasteiger partial charge on any atom is 0.280 e. The van der Waals surface area contributed by atoms with Gasteiger partial charge in [0.15, 0.2) is 0 Å². The summed E-state index contributed by atoms with van der Waals surface area (Å²) in [4.78, 5) is 11.5. The van der Waals surface area contributed by atoms with E-state index in [0.29, 0.717) is 17.4 Å². The van der Waals surface area contributed by atoms with Crippen LogP contribution >= 0.6 is 0 Å². The van der Waals surface area contributed by atoms with Crippen molar-refractivity contribution in [1.82, 2.24) is 5.06 Å². The minimum Gasteiger partial charge on any atom is -0.507 e. The molecule has 0 atom stereocenters. The summed E-state index contributed by atoms with van der Waals surface area (Å²) < 4.78 is 5.52. The number of benzene rings is 2. The lowest BCUT2D eigenvalue weighted by Gasteiger charge is -2.11. The van der Waals surface area contributed by atoms with E-state index in [4.69, 9.17) is 9.94 Å². The molecule has 2 N–H and O–H groups in total. The van der Waals surface area contributed by atoms with E-state index in [1.807, 2.05) is 30.3 Å². The molecule has 0 aliphatic rings. The van der Waals surface area contributed by atoms with Crippen molar-refractivity contribution in [3.05, 3.63) is 59.7 Å². The summed E-state index contributed by atoms with van der Waals surface area (Å²) in [5.74, 6) is -0.470. The van der Waals surface area contributed by atoms with Crippen molar-refractivity contribution in [1.29, 1.82) is 0 Å². The molecule has 0 aromatic heterocycles. The van der Waals surface area contributed by atoms with Crippen molar-refractivity contribution < 1.29 is 19.8 Å². The standard InChI is InChI=1S/C15H15NO4/c1-16(19)15(18)13-8-7-12(9-14(13)17)20-10-11-5-3-2-4-6-11/h2-9,17,19H,10H2,1H3. The Hall–Kier alpha value is -2.53. The Morgan fingerprint density at radius 3 is 2.50 bits per heavy atom. The average molecular weight is 273 g/mol. The lowest BCUT2D eigenvalue weighted by molar-refractivity contribution is -0.0377. The molecule has 0 heterocycles. The van der Waals surface area contributed by atoms with Crippen LogP contribution in [0.15, 0.2) is 48.5 Å². The van der Waals surface area contributed by atoms with Crippen molar-refractivity contribution in [3.8, 4) is 11.5 Å². The Morgan fingerprint density at radius 1 is 1.20 bits per heavy atom. The SMILES string of the molecule is CN(O)C(=O)c1ccc(OCc2ccccc2)cc1O. The molecule has 0 spiro atoms. The number of carbonyl (C=O) groups is 1. The highest BCUT2D eigenvalue weighted by molar-refractivity contribution is 5.96. The van der Waals surface area contributed by atoms with E-state index in [9.17, 15) is 9.90 Å². The zero-order valence-electron chi connectivity index (χ0n) is 11.0. The largest absolute Gasteiger partial charge is 0.507 e. The molecule has 104 valence electrons. The molecule has 5 heteroatoms. The predicted octanol–water partition coefficient (Wildman–Crippen LogP) is 2.43. The van der Waals surface area contributed by atoms with Crippen LogP contribution in [0, 0.1) is 0 Å². The van der Waals surface area contributed by atoms with Crippen LogP contribution in [0.3, 0.4) is 0 Å². The summed E-state index contributed by atoms with van der Waals surface area (Å²) in [5, 5.41) is 19.2. The van der Waals surface area contributed by atoms with Crippen LogP contribution in [-0.2, 0) is 6.61 Å². The monoisotopic (exact) mass is 273 g/mol. The van der Waals surface area contributed by atoms with Crippen molar-refractivity contribution in [2.75, 3.05) is 7.05 Å². The molecule has 20 heavy (non-hydrogen) atoms. The maximum absolute atomic E-state index is 11.5. The van der Waals surface area contributed by atoms with Gasteiger partial charge in [0.1, 0.15) is 18.1 Å². The summed E-state index contributed by atoms with van der Waals surface area (Å²) in [6.07, 6.45) is 0. The van der Waals surface area contributed by atoms with Crippen molar-refractivity contribution >= 4 is 5.91 Å². The van der Waals surface area contributed by atoms with Gasteiger partial charge in [-0.05, 0) is 17.7 Å². The van der Waals surface area contributed by atoms with E-state index in [1.165, 1.54) is 19.2 Å². The Kier molecular flexibility index (Phi) is 4.22. The second kappa shape index (κ2) is 6.08. The molecule has 5 nitrogen and oxygen atoms in total. The Balaban J connectivity index is 2.08. The fourth-order valence-electron chi connectivity index (χ4n) is 1.70. The van der Waals surface area contributed by atoms with Crippen LogP contribution in [0.25, 0.3) is 0 Å². The lowest BCUT2D eigenvalue weighted by Crippen LogP contribution is -2.22. The van der Waals surface area contributed by atoms with Gasteiger partial charge >= 0.3 is 0 Å². The molecule has 2 aromatic rings. The average Bonchev–Trinajstić information content (AvgIpc) is 2.45. The first-order valence-corrected chi connectivity index (χ1v) is 6.04. The zero-order chi connectivity index (χ0) is 14.5. The third-order valence-corrected chi connectivity index (χ3v) is 2.74. The number of carbonyl (C=O) groups excluding carboxylic acids is 1. The van der Waals surface area contributed by atoms with Crippen molar-refractivity contribution in [2.45, 2.75) is 6.61 Å². The summed E-state index contributed by atoms with van der Waals surface area (Å²) in [6.45, 7) is 0.369. The first kappa shape index (κ1) is 13.9. The molecule has 0 aliphatic carbocycles. The minimum atomic E-state index is -0.683. The Labute approximate surface area is 116 Å². The zero-order valence-corrected chi connectivity index (χ0v) is 11.0. The molecule has 0 unspecified atom stereocenters. The molecule has 2 aromatic carbocycles. The first-order chi connectivity index (χ1) is 9.58. The molecular weight excluding hydrogens is 258 g/mol. The lowest BCUT2D eigenvalue weighted by atomic mass is 10.2. The third kappa shape index (κ3) is 3.27. The maximum atomic E-state index is 11.5. The van der Waals surface area contributed by atoms with E-state index >= 15 is 0 Å². The second-order valence-electron chi connectivity index (χ2n) is 4.28. The van der Waals surface area contributed by atoms with Gasteiger partial charge < -0.3 is 9.84 Å². The third-order valence-electron chi connectivity index (χ3n) is 2.74. The number of hydrogen-bond acceptors (Lipinski definition) is 4. The smallest absolute Gasteiger partial charge is 0.280 e. The number of rotatable bonds is 4. The van der Waals surface area contributed by atoms with Gasteiger partial charge in [0.25, 0.3) is 5.91 Å². The predicted molar refractivity (Wildman–Crippen MR) is 72.8 cm³/mol. The number of nitrogens with zero attached hydrogens (tertiary/aromatic N) is 1. The van der Waals surface area contributed by atoms with Crippen LogP contribution in [0.5, 0.6) is 11.5 Å². The van der Waals surface area contributed by atoms with Crippen LogP contribution in [0.4, 0.5) is 0 Å². The summed E-state index contributed by atoms with van der Waals surface area (Å²) >= 11 is 0. The van der Waals surface area contributed by atoms with Gasteiger partial charge in [-0.3, -0.25) is 10.0 Å². The highest BCUT2D eigenvalue weighted by Crippen LogP contribution is 2.25. The fourth-order valence-corrected chi connectivity index (χ4v) is 1.70. The first-order valence-electron chi connectivity index (χ1n) is 6.04. The van der Waals surface area contributed by atoms with Crippen LogP contribution in [0.1, 0.15) is 15.9 Å². The molecule has 0 radical (unpaired) electrons. The normalized spacial score (nSPS) is 10.1. The molecule has 0 saturated heterocycles. The van der Waals surface area contributed by atoms with E-state index in [2.05, 4.69) is 0 Å². The molecule has 1 amide bonds. The number of phenolic OH excluding ortho intramolecular Hbond substituents is 1. The van der Waals surface area contributed by atoms with Gasteiger partial charge in [-0.25, -0.2) is 5.06 Å². The minimum absolute atomic E-state index is 0.0158. The highest BCUT2D eigenvalue weighted by Gasteiger charge is 2.14. The molecule has 0 fully saturated rings. The number of ether oxygens (including phenoxy) is 1. The number of amides is 1. The second-order valence-corrected chi connectivity index (χ2v) is 4.28. The summed E-state index contributed by atoms with van der Waals surface area (Å²) in [6, 6.07) is 13.9. The molecule has 2 rings (SSSR count).